The van der Waals surface area contributed by atoms with E-state index in [1.807, 2.05) is 90.9 Å². The summed E-state index contributed by atoms with van der Waals surface area (Å²) in [5.41, 5.74) is 3.22. The van der Waals surface area contributed by atoms with Crippen LogP contribution in [-0.4, -0.2) is 84.9 Å². The molecule has 4 rings (SSSR count). The molecular weight excluding hydrogens is 676 g/mol. The van der Waals surface area contributed by atoms with Gasteiger partial charge in [-0.3, -0.25) is 9.59 Å². The van der Waals surface area contributed by atoms with Crippen molar-refractivity contribution in [3.8, 4) is 11.1 Å². The lowest BCUT2D eigenvalue weighted by Crippen LogP contribution is -2.47. The highest BCUT2D eigenvalue weighted by molar-refractivity contribution is 5.95. The number of aryl methyl sites for hydroxylation is 1. The third-order valence-electron chi connectivity index (χ3n) is 9.63. The Hall–Kier alpha value is -4.61. The summed E-state index contributed by atoms with van der Waals surface area (Å²) in [4.78, 5) is 65.2. The molecule has 12 nitrogen and oxygen atoms in total. The number of benzene rings is 2. The van der Waals surface area contributed by atoms with E-state index >= 15 is 0 Å². The number of piperidine rings is 1. The van der Waals surface area contributed by atoms with Crippen molar-refractivity contribution in [3.63, 3.8) is 0 Å². The van der Waals surface area contributed by atoms with Crippen LogP contribution in [0.2, 0.25) is 0 Å². The number of hydrogen-bond acceptors (Lipinski definition) is 8. The van der Waals surface area contributed by atoms with Gasteiger partial charge in [-0.15, -0.1) is 0 Å². The average molecular weight is 735 g/mol. The number of amides is 4. The fourth-order valence-electron chi connectivity index (χ4n) is 6.78. The third-order valence-corrected chi connectivity index (χ3v) is 9.63. The molecule has 2 aromatic rings. The van der Waals surface area contributed by atoms with Gasteiger partial charge in [0.2, 0.25) is 5.91 Å². The first-order valence-corrected chi connectivity index (χ1v) is 18.7. The largest absolute Gasteiger partial charge is 0.467 e. The highest BCUT2D eigenvalue weighted by atomic mass is 16.6. The van der Waals surface area contributed by atoms with Crippen molar-refractivity contribution in [2.45, 2.75) is 117 Å². The minimum atomic E-state index is -0.825. The van der Waals surface area contributed by atoms with Crippen LogP contribution in [0.4, 0.5) is 9.59 Å². The Labute approximate surface area is 314 Å². The Bertz CT molecular complexity index is 1590. The van der Waals surface area contributed by atoms with E-state index < -0.39 is 29.3 Å². The zero-order valence-electron chi connectivity index (χ0n) is 32.6. The summed E-state index contributed by atoms with van der Waals surface area (Å²) in [6.07, 6.45) is 3.76. The molecule has 2 fully saturated rings. The van der Waals surface area contributed by atoms with Crippen LogP contribution >= 0.6 is 0 Å². The minimum Gasteiger partial charge on any atom is -0.467 e. The summed E-state index contributed by atoms with van der Waals surface area (Å²) in [5, 5.41) is 8.88. The number of nitrogens with one attached hydrogen (secondary N) is 3. The summed E-state index contributed by atoms with van der Waals surface area (Å²) in [6.45, 7) is 14.5. The number of rotatable bonds is 10. The van der Waals surface area contributed by atoms with Gasteiger partial charge in [0.05, 0.1) is 7.11 Å². The lowest BCUT2D eigenvalue weighted by atomic mass is 9.81. The predicted molar refractivity (Wildman–Crippen MR) is 202 cm³/mol. The molecule has 2 aliphatic rings. The van der Waals surface area contributed by atoms with Crippen LogP contribution in [0, 0.1) is 18.8 Å². The highest BCUT2D eigenvalue weighted by Gasteiger charge is 2.31. The quantitative estimate of drug-likeness (QED) is 0.189. The first kappa shape index (κ1) is 41.2. The van der Waals surface area contributed by atoms with E-state index in [-0.39, 0.29) is 42.2 Å². The molecule has 0 bridgehead atoms. The van der Waals surface area contributed by atoms with Crippen molar-refractivity contribution in [2.24, 2.45) is 11.8 Å². The van der Waals surface area contributed by atoms with E-state index in [2.05, 4.69) is 16.0 Å². The molecule has 1 saturated heterocycles. The van der Waals surface area contributed by atoms with Gasteiger partial charge in [-0.2, -0.15) is 0 Å². The van der Waals surface area contributed by atoms with Gasteiger partial charge in [0.1, 0.15) is 17.2 Å². The van der Waals surface area contributed by atoms with Crippen molar-refractivity contribution < 1.29 is 38.2 Å². The number of nitrogens with zero attached hydrogens (tertiary/aromatic N) is 1. The molecule has 0 aromatic heterocycles. The molecule has 4 amide bonds. The monoisotopic (exact) mass is 734 g/mol. The van der Waals surface area contributed by atoms with Crippen molar-refractivity contribution >= 4 is 30.0 Å². The predicted octanol–water partition coefficient (Wildman–Crippen LogP) is 6.32. The van der Waals surface area contributed by atoms with Gasteiger partial charge in [0.25, 0.3) is 5.91 Å². The fraction of sp³-hybridized carbons (Fsp3) is 0.585. The second-order valence-corrected chi connectivity index (χ2v) is 16.3. The van der Waals surface area contributed by atoms with Crippen molar-refractivity contribution in [1.29, 1.82) is 0 Å². The summed E-state index contributed by atoms with van der Waals surface area (Å²) in [5.74, 6) is -0.768. The van der Waals surface area contributed by atoms with Crippen LogP contribution in [0.15, 0.2) is 42.5 Å². The number of hydrogen-bond donors (Lipinski definition) is 3. The van der Waals surface area contributed by atoms with Crippen molar-refractivity contribution in [2.75, 3.05) is 26.7 Å². The van der Waals surface area contributed by atoms with E-state index in [1.54, 1.807) is 4.90 Å². The third kappa shape index (κ3) is 12.8. The van der Waals surface area contributed by atoms with Crippen LogP contribution in [0.3, 0.4) is 0 Å². The molecule has 2 aromatic carbocycles. The molecule has 12 heteroatoms. The van der Waals surface area contributed by atoms with E-state index in [0.29, 0.717) is 50.9 Å². The van der Waals surface area contributed by atoms with Gasteiger partial charge < -0.3 is 35.1 Å². The smallest absolute Gasteiger partial charge is 0.410 e. The van der Waals surface area contributed by atoms with E-state index in [4.69, 9.17) is 14.2 Å². The topological polar surface area (TPSA) is 152 Å². The summed E-state index contributed by atoms with van der Waals surface area (Å²) < 4.78 is 15.8. The number of carbonyl (C=O) groups excluding carboxylic acids is 5. The Morgan fingerprint density at radius 2 is 1.45 bits per heavy atom. The lowest BCUT2D eigenvalue weighted by molar-refractivity contribution is -0.145. The molecule has 3 N–H and O–H groups in total. The fourth-order valence-corrected chi connectivity index (χ4v) is 6.78. The molecule has 290 valence electrons. The Balaban J connectivity index is 1.27. The minimum absolute atomic E-state index is 0.0258. The van der Waals surface area contributed by atoms with Gasteiger partial charge in [-0.05, 0) is 127 Å². The SMILES string of the molecule is COC(=O)C(Cc1ccc(-c2ccc(C(=O)NC3CCN(C(=O)OC(C)(C)C)CC3)cc2C)cc1)NC(=O)C1CCC(CNC(=O)OC(C)(C)C)CC1. The van der Waals surface area contributed by atoms with Crippen LogP contribution in [-0.2, 0) is 30.2 Å². The molecule has 53 heavy (non-hydrogen) atoms. The number of likely N-dealkylation sites (tertiary alicyclic amines) is 1. The maximum Gasteiger partial charge on any atom is 0.410 e. The first-order chi connectivity index (χ1) is 24.9. The number of methoxy groups -OCH3 is 1. The molecule has 1 atom stereocenters. The second kappa shape index (κ2) is 17.9. The van der Waals surface area contributed by atoms with Crippen molar-refractivity contribution in [3.05, 3.63) is 59.2 Å². The van der Waals surface area contributed by atoms with Crippen LogP contribution in [0.5, 0.6) is 0 Å². The maximum atomic E-state index is 13.2. The zero-order valence-corrected chi connectivity index (χ0v) is 32.6. The van der Waals surface area contributed by atoms with Crippen molar-refractivity contribution in [1.82, 2.24) is 20.9 Å². The van der Waals surface area contributed by atoms with Crippen LogP contribution in [0.25, 0.3) is 11.1 Å². The standard InChI is InChI=1S/C41H58N4O8/c1-26-23-31(36(47)43-32-19-21-45(22-20-32)39(50)53-41(5,6)7)17-18-33(26)29-13-9-27(10-14-29)24-34(37(48)51-8)44-35(46)30-15-11-28(12-16-30)25-42-38(49)52-40(2,3)4/h9-10,13-14,17-18,23,28,30,32,34H,11-12,15-16,19-22,24-25H2,1-8H3,(H,42,49)(H,43,47)(H,44,46). The van der Waals surface area contributed by atoms with E-state index in [1.165, 1.54) is 7.11 Å². The maximum absolute atomic E-state index is 13.2. The number of carbonyl (C=O) groups is 5. The number of esters is 1. The van der Waals surface area contributed by atoms with Gasteiger partial charge in [-0.25, -0.2) is 14.4 Å². The Morgan fingerprint density at radius 1 is 0.830 bits per heavy atom. The Morgan fingerprint density at radius 3 is 2.02 bits per heavy atom. The van der Waals surface area contributed by atoms with Gasteiger partial charge in [0, 0.05) is 43.6 Å². The van der Waals surface area contributed by atoms with Gasteiger partial charge in [-0.1, -0.05) is 30.3 Å². The Kier molecular flexibility index (Phi) is 13.9. The molecule has 1 aliphatic heterocycles. The van der Waals surface area contributed by atoms with Crippen LogP contribution < -0.4 is 16.0 Å². The van der Waals surface area contributed by atoms with Crippen LogP contribution in [0.1, 0.15) is 102 Å². The van der Waals surface area contributed by atoms with E-state index in [9.17, 15) is 24.0 Å². The number of ether oxygens (including phenoxy) is 3. The summed E-state index contributed by atoms with van der Waals surface area (Å²) in [6, 6.07) is 12.6. The highest BCUT2D eigenvalue weighted by Crippen LogP contribution is 2.29. The van der Waals surface area contributed by atoms with Gasteiger partial charge in [0.15, 0.2) is 0 Å². The molecule has 1 heterocycles. The molecule has 0 radical (unpaired) electrons. The van der Waals surface area contributed by atoms with Gasteiger partial charge >= 0.3 is 18.2 Å². The summed E-state index contributed by atoms with van der Waals surface area (Å²) in [7, 11) is 1.31. The number of alkyl carbamates (subject to hydrolysis) is 1. The second-order valence-electron chi connectivity index (χ2n) is 16.3. The zero-order chi connectivity index (χ0) is 38.9. The normalized spacial score (nSPS) is 18.7. The average Bonchev–Trinajstić information content (AvgIpc) is 3.09. The molecule has 1 aliphatic carbocycles. The van der Waals surface area contributed by atoms with E-state index in [0.717, 1.165) is 35.1 Å². The first-order valence-electron chi connectivity index (χ1n) is 18.7. The molecule has 1 unspecified atom stereocenters. The summed E-state index contributed by atoms with van der Waals surface area (Å²) >= 11 is 0. The molecule has 0 spiro atoms. The molecule has 1 saturated carbocycles. The molecular formula is C41H58N4O8. The lowest BCUT2D eigenvalue weighted by Gasteiger charge is -2.33.